The molecule has 3 aromatic carbocycles. The number of anilines is 1. The lowest BCUT2D eigenvalue weighted by Gasteiger charge is -2.30. The second-order valence-corrected chi connectivity index (χ2v) is 13.1. The van der Waals surface area contributed by atoms with E-state index in [1.54, 1.807) is 15.7 Å². The summed E-state index contributed by atoms with van der Waals surface area (Å²) in [6.07, 6.45) is 4.40. The predicted octanol–water partition coefficient (Wildman–Crippen LogP) is 4.40. The van der Waals surface area contributed by atoms with Crippen molar-refractivity contribution in [2.24, 2.45) is 0 Å². The van der Waals surface area contributed by atoms with Gasteiger partial charge in [0, 0.05) is 55.3 Å². The summed E-state index contributed by atoms with van der Waals surface area (Å²) in [5.41, 5.74) is 1.88. The van der Waals surface area contributed by atoms with Crippen LogP contribution in [0, 0.1) is 5.82 Å². The first-order chi connectivity index (χ1) is 23.4. The molecule has 2 amide bonds. The molecule has 246 valence electrons. The summed E-state index contributed by atoms with van der Waals surface area (Å²) in [5.74, 6) is -0.435. The molecule has 1 N–H and O–H groups in total. The molecule has 11 nitrogen and oxygen atoms in total. The first-order valence-corrected chi connectivity index (χ1v) is 16.6. The minimum Gasteiger partial charge on any atom is -0.456 e. The van der Waals surface area contributed by atoms with Crippen LogP contribution in [0.15, 0.2) is 57.9 Å². The number of rotatable bonds is 5. The topological polar surface area (TPSA) is 109 Å². The Morgan fingerprint density at radius 1 is 0.938 bits per heavy atom. The molecule has 2 aromatic heterocycles. The SMILES string of the molecule is O=C(CN1CCCC1)N[C@@H]1CCN(c2c(F)cc3c(=O)c(C(=O)N4CCOCC4)cn4c3c2Oc2cc3c(cc2-4)oc2ccccc23)C1. The zero-order valence-electron chi connectivity index (χ0n) is 26.3. The van der Waals surface area contributed by atoms with Crippen LogP contribution in [0.3, 0.4) is 0 Å². The molecule has 6 heterocycles. The molecule has 5 aromatic rings. The van der Waals surface area contributed by atoms with E-state index in [0.29, 0.717) is 80.5 Å². The quantitative estimate of drug-likeness (QED) is 0.292. The van der Waals surface area contributed by atoms with Gasteiger partial charge < -0.3 is 33.6 Å². The van der Waals surface area contributed by atoms with Crippen LogP contribution in [-0.2, 0) is 9.53 Å². The summed E-state index contributed by atoms with van der Waals surface area (Å²) in [7, 11) is 0. The molecule has 4 aliphatic rings. The Kier molecular flexibility index (Phi) is 6.91. The van der Waals surface area contributed by atoms with Crippen LogP contribution in [-0.4, -0.2) is 91.3 Å². The van der Waals surface area contributed by atoms with Gasteiger partial charge in [-0.2, -0.15) is 0 Å². The van der Waals surface area contributed by atoms with Crippen LogP contribution < -0.4 is 20.4 Å². The number of amides is 2. The Morgan fingerprint density at radius 3 is 2.58 bits per heavy atom. The molecule has 0 bridgehead atoms. The number of hydrogen-bond acceptors (Lipinski definition) is 8. The van der Waals surface area contributed by atoms with Crippen molar-refractivity contribution in [1.29, 1.82) is 0 Å². The van der Waals surface area contributed by atoms with E-state index in [4.69, 9.17) is 13.9 Å². The molecule has 1 atom stereocenters. The molecular weight excluding hydrogens is 617 g/mol. The third-order valence-electron chi connectivity index (χ3n) is 10.1. The molecule has 0 radical (unpaired) electrons. The third kappa shape index (κ3) is 4.73. The molecule has 0 aliphatic carbocycles. The van der Waals surface area contributed by atoms with Gasteiger partial charge in [0.25, 0.3) is 5.91 Å². The molecule has 9 rings (SSSR count). The van der Waals surface area contributed by atoms with Gasteiger partial charge in [0.15, 0.2) is 17.3 Å². The minimum absolute atomic E-state index is 0.0306. The Bertz CT molecular complexity index is 2200. The zero-order chi connectivity index (χ0) is 32.5. The van der Waals surface area contributed by atoms with Gasteiger partial charge >= 0.3 is 0 Å². The summed E-state index contributed by atoms with van der Waals surface area (Å²) >= 11 is 0. The van der Waals surface area contributed by atoms with Gasteiger partial charge in [0.1, 0.15) is 27.9 Å². The van der Waals surface area contributed by atoms with Crippen molar-refractivity contribution in [2.45, 2.75) is 25.3 Å². The fourth-order valence-corrected chi connectivity index (χ4v) is 7.71. The largest absolute Gasteiger partial charge is 0.456 e. The number of nitrogens with zero attached hydrogens (tertiary/aromatic N) is 4. The molecule has 3 saturated heterocycles. The Balaban J connectivity index is 1.17. The molecule has 4 aliphatic heterocycles. The van der Waals surface area contributed by atoms with Gasteiger partial charge in [-0.1, -0.05) is 18.2 Å². The van der Waals surface area contributed by atoms with Crippen molar-refractivity contribution >= 4 is 50.3 Å². The average molecular weight is 652 g/mol. The number of carbonyl (C=O) groups is 2. The number of aromatic nitrogens is 1. The van der Waals surface area contributed by atoms with E-state index in [2.05, 4.69) is 10.2 Å². The minimum atomic E-state index is -0.626. The van der Waals surface area contributed by atoms with Crippen molar-refractivity contribution in [3.05, 3.63) is 70.3 Å². The second-order valence-electron chi connectivity index (χ2n) is 13.1. The van der Waals surface area contributed by atoms with E-state index < -0.39 is 17.2 Å². The summed E-state index contributed by atoms with van der Waals surface area (Å²) in [5, 5.41) is 4.92. The highest BCUT2D eigenvalue weighted by Gasteiger charge is 2.35. The molecule has 0 saturated carbocycles. The van der Waals surface area contributed by atoms with Crippen molar-refractivity contribution < 1.29 is 27.9 Å². The van der Waals surface area contributed by atoms with Crippen LogP contribution in [0.25, 0.3) is 38.5 Å². The van der Waals surface area contributed by atoms with Crippen LogP contribution in [0.5, 0.6) is 11.5 Å². The highest BCUT2D eigenvalue weighted by Crippen LogP contribution is 2.49. The summed E-state index contributed by atoms with van der Waals surface area (Å²) in [6, 6.07) is 12.5. The number of halogens is 1. The number of pyridine rings is 1. The van der Waals surface area contributed by atoms with Gasteiger partial charge in [0.05, 0.1) is 30.8 Å². The molecular formula is C36H34FN5O6. The lowest BCUT2D eigenvalue weighted by atomic mass is 10.0. The van der Waals surface area contributed by atoms with E-state index in [-0.39, 0.29) is 34.3 Å². The fourth-order valence-electron chi connectivity index (χ4n) is 7.71. The van der Waals surface area contributed by atoms with Gasteiger partial charge in [-0.25, -0.2) is 4.39 Å². The van der Waals surface area contributed by atoms with Gasteiger partial charge in [-0.3, -0.25) is 19.3 Å². The van der Waals surface area contributed by atoms with Crippen molar-refractivity contribution in [3.8, 4) is 17.2 Å². The first kappa shape index (κ1) is 29.2. The standard InChI is InChI=1S/C36H34FN5O6/c37-26-15-24-32-35(33(26)41-10-7-21(18-41)38-31(43)20-39-8-3-4-9-39)48-30-16-23-22-5-1-2-6-28(22)47-29(23)17-27(30)42(32)19-25(34(24)44)36(45)40-11-13-46-14-12-40/h1-2,5-6,15-17,19,21H,3-4,7-14,18,20H2,(H,38,43)/t21-/m1/s1. The third-order valence-corrected chi connectivity index (χ3v) is 10.1. The van der Waals surface area contributed by atoms with Gasteiger partial charge in [-0.15, -0.1) is 0 Å². The molecule has 0 unspecified atom stereocenters. The molecule has 3 fully saturated rings. The van der Waals surface area contributed by atoms with E-state index in [1.807, 2.05) is 41.3 Å². The smallest absolute Gasteiger partial charge is 0.259 e. The van der Waals surface area contributed by atoms with E-state index in [9.17, 15) is 14.4 Å². The van der Waals surface area contributed by atoms with E-state index in [1.165, 1.54) is 6.07 Å². The Hall–Kier alpha value is -4.94. The first-order valence-electron chi connectivity index (χ1n) is 16.6. The second kappa shape index (κ2) is 11.3. The summed E-state index contributed by atoms with van der Waals surface area (Å²) in [6.45, 7) is 4.58. The number of fused-ring (bicyclic) bond motifs is 5. The predicted molar refractivity (Wildman–Crippen MR) is 178 cm³/mol. The monoisotopic (exact) mass is 651 g/mol. The van der Waals surface area contributed by atoms with Crippen molar-refractivity contribution in [3.63, 3.8) is 0 Å². The number of ether oxygens (including phenoxy) is 2. The Labute approximate surface area is 274 Å². The maximum Gasteiger partial charge on any atom is 0.259 e. The number of likely N-dealkylation sites (tertiary alicyclic amines) is 1. The normalized spacial score (nSPS) is 19.3. The zero-order valence-corrected chi connectivity index (χ0v) is 26.3. The van der Waals surface area contributed by atoms with Crippen molar-refractivity contribution in [1.82, 2.24) is 19.7 Å². The maximum absolute atomic E-state index is 16.4. The van der Waals surface area contributed by atoms with Crippen LogP contribution in [0.1, 0.15) is 29.6 Å². The fraction of sp³-hybridized carbons (Fsp3) is 0.361. The number of carbonyl (C=O) groups excluding carboxylic acids is 2. The highest BCUT2D eigenvalue weighted by atomic mass is 19.1. The van der Waals surface area contributed by atoms with Gasteiger partial charge in [0.2, 0.25) is 11.3 Å². The number of nitrogens with one attached hydrogen (secondary N) is 1. The maximum atomic E-state index is 16.4. The summed E-state index contributed by atoms with van der Waals surface area (Å²) in [4.78, 5) is 46.2. The highest BCUT2D eigenvalue weighted by molar-refractivity contribution is 6.07. The Morgan fingerprint density at radius 2 is 1.75 bits per heavy atom. The number of furan rings is 1. The summed E-state index contributed by atoms with van der Waals surface area (Å²) < 4.78 is 36.4. The molecule has 12 heteroatoms. The molecule has 0 spiro atoms. The lowest BCUT2D eigenvalue weighted by Crippen LogP contribution is -2.42. The lowest BCUT2D eigenvalue weighted by molar-refractivity contribution is -0.122. The number of morpholine rings is 1. The van der Waals surface area contributed by atoms with Crippen molar-refractivity contribution in [2.75, 3.05) is 63.9 Å². The average Bonchev–Trinajstić information content (AvgIpc) is 3.86. The van der Waals surface area contributed by atoms with Crippen LogP contribution in [0.2, 0.25) is 0 Å². The van der Waals surface area contributed by atoms with E-state index in [0.717, 1.165) is 36.7 Å². The van der Waals surface area contributed by atoms with Crippen LogP contribution in [0.4, 0.5) is 10.1 Å². The van der Waals surface area contributed by atoms with E-state index >= 15 is 4.39 Å². The van der Waals surface area contributed by atoms with Crippen LogP contribution >= 0.6 is 0 Å². The number of para-hydroxylation sites is 1. The molecule has 48 heavy (non-hydrogen) atoms. The number of benzene rings is 3. The van der Waals surface area contributed by atoms with Gasteiger partial charge in [-0.05, 0) is 50.6 Å². The number of hydrogen-bond donors (Lipinski definition) is 1.